The highest BCUT2D eigenvalue weighted by Crippen LogP contribution is 2.30. The van der Waals surface area contributed by atoms with Crippen LogP contribution in [0.4, 0.5) is 5.69 Å². The van der Waals surface area contributed by atoms with Gasteiger partial charge < -0.3 is 15.4 Å². The van der Waals surface area contributed by atoms with Crippen LogP contribution in [0.2, 0.25) is 0 Å². The first-order valence-corrected chi connectivity index (χ1v) is 8.50. The summed E-state index contributed by atoms with van der Waals surface area (Å²) in [4.78, 5) is 23.8. The molecular formula is C20H22N2O3. The van der Waals surface area contributed by atoms with Gasteiger partial charge in [0.2, 0.25) is 5.91 Å². The number of amides is 2. The molecule has 1 aliphatic rings. The summed E-state index contributed by atoms with van der Waals surface area (Å²) < 4.78 is 5.58. The standard InChI is InChI=1S/C20H22N2O3/c1-14-2-10-18(11-3-14)25-13-12-21-19(23)15-6-8-17(9-7-15)22-20(24)16-4-5-16/h2-3,6-11,16H,4-5,12-13H2,1H3,(H,21,23)(H,22,24). The molecule has 0 bridgehead atoms. The summed E-state index contributed by atoms with van der Waals surface area (Å²) in [6, 6.07) is 14.7. The third-order valence-corrected chi connectivity index (χ3v) is 4.04. The van der Waals surface area contributed by atoms with Crippen LogP contribution in [0.1, 0.15) is 28.8 Å². The normalized spacial score (nSPS) is 13.2. The molecule has 0 unspecified atom stereocenters. The summed E-state index contributed by atoms with van der Waals surface area (Å²) in [5, 5.41) is 5.67. The van der Waals surface area contributed by atoms with E-state index in [4.69, 9.17) is 4.74 Å². The molecule has 5 nitrogen and oxygen atoms in total. The molecule has 2 N–H and O–H groups in total. The van der Waals surface area contributed by atoms with Crippen molar-refractivity contribution < 1.29 is 14.3 Å². The van der Waals surface area contributed by atoms with E-state index in [2.05, 4.69) is 10.6 Å². The van der Waals surface area contributed by atoms with Gasteiger partial charge in [-0.3, -0.25) is 9.59 Å². The van der Waals surface area contributed by atoms with Crippen molar-refractivity contribution in [2.24, 2.45) is 5.92 Å². The summed E-state index contributed by atoms with van der Waals surface area (Å²) in [5.74, 6) is 0.852. The second-order valence-corrected chi connectivity index (χ2v) is 6.26. The van der Waals surface area contributed by atoms with Crippen molar-refractivity contribution in [3.05, 3.63) is 59.7 Å². The van der Waals surface area contributed by atoms with Gasteiger partial charge in [-0.1, -0.05) is 17.7 Å². The Morgan fingerprint density at radius 3 is 2.36 bits per heavy atom. The van der Waals surface area contributed by atoms with Crippen molar-refractivity contribution in [3.8, 4) is 5.75 Å². The molecule has 3 rings (SSSR count). The van der Waals surface area contributed by atoms with Crippen LogP contribution in [0.25, 0.3) is 0 Å². The van der Waals surface area contributed by atoms with Crippen molar-refractivity contribution in [3.63, 3.8) is 0 Å². The van der Waals surface area contributed by atoms with Crippen molar-refractivity contribution >= 4 is 17.5 Å². The van der Waals surface area contributed by atoms with Crippen LogP contribution >= 0.6 is 0 Å². The van der Waals surface area contributed by atoms with Crippen LogP contribution in [0.3, 0.4) is 0 Å². The predicted molar refractivity (Wildman–Crippen MR) is 96.8 cm³/mol. The zero-order valence-corrected chi connectivity index (χ0v) is 14.2. The average molecular weight is 338 g/mol. The largest absolute Gasteiger partial charge is 0.492 e. The lowest BCUT2D eigenvalue weighted by molar-refractivity contribution is -0.117. The fourth-order valence-corrected chi connectivity index (χ4v) is 2.36. The van der Waals surface area contributed by atoms with Gasteiger partial charge >= 0.3 is 0 Å². The first-order valence-electron chi connectivity index (χ1n) is 8.50. The quantitative estimate of drug-likeness (QED) is 0.762. The molecule has 1 fully saturated rings. The van der Waals surface area contributed by atoms with Crippen molar-refractivity contribution in [2.75, 3.05) is 18.5 Å². The molecule has 0 heterocycles. The molecular weight excluding hydrogens is 316 g/mol. The third kappa shape index (κ3) is 5.08. The Kier molecular flexibility index (Phi) is 5.33. The maximum absolute atomic E-state index is 12.1. The van der Waals surface area contributed by atoms with Gasteiger partial charge in [0.25, 0.3) is 5.91 Å². The van der Waals surface area contributed by atoms with Crippen LogP contribution in [0.5, 0.6) is 5.75 Å². The molecule has 25 heavy (non-hydrogen) atoms. The number of ether oxygens (including phenoxy) is 1. The SMILES string of the molecule is Cc1ccc(OCCNC(=O)c2ccc(NC(=O)C3CC3)cc2)cc1. The number of anilines is 1. The van der Waals surface area contributed by atoms with E-state index in [9.17, 15) is 9.59 Å². The van der Waals surface area contributed by atoms with E-state index in [0.29, 0.717) is 18.7 Å². The number of benzene rings is 2. The van der Waals surface area contributed by atoms with Gasteiger partial charge in [-0.2, -0.15) is 0 Å². The van der Waals surface area contributed by atoms with Gasteiger partial charge in [0.05, 0.1) is 6.54 Å². The van der Waals surface area contributed by atoms with Crippen LogP contribution in [0.15, 0.2) is 48.5 Å². The van der Waals surface area contributed by atoms with Gasteiger partial charge in [-0.25, -0.2) is 0 Å². The molecule has 2 aromatic carbocycles. The van der Waals surface area contributed by atoms with Crippen molar-refractivity contribution in [1.29, 1.82) is 0 Å². The van der Waals surface area contributed by atoms with Gasteiger partial charge in [-0.05, 0) is 56.2 Å². The van der Waals surface area contributed by atoms with E-state index < -0.39 is 0 Å². The molecule has 0 saturated heterocycles. The molecule has 5 heteroatoms. The Morgan fingerprint density at radius 2 is 1.72 bits per heavy atom. The summed E-state index contributed by atoms with van der Waals surface area (Å²) in [6.07, 6.45) is 1.94. The third-order valence-electron chi connectivity index (χ3n) is 4.04. The van der Waals surface area contributed by atoms with Gasteiger partial charge in [-0.15, -0.1) is 0 Å². The van der Waals surface area contributed by atoms with Crippen LogP contribution in [-0.4, -0.2) is 25.0 Å². The van der Waals surface area contributed by atoms with Gasteiger partial charge in [0.15, 0.2) is 0 Å². The number of carbonyl (C=O) groups is 2. The molecule has 0 spiro atoms. The van der Waals surface area contributed by atoms with E-state index in [-0.39, 0.29) is 17.7 Å². The minimum atomic E-state index is -0.160. The van der Waals surface area contributed by atoms with E-state index >= 15 is 0 Å². The first-order chi connectivity index (χ1) is 12.1. The highest BCUT2D eigenvalue weighted by atomic mass is 16.5. The summed E-state index contributed by atoms with van der Waals surface area (Å²) >= 11 is 0. The predicted octanol–water partition coefficient (Wildman–Crippen LogP) is 3.15. The molecule has 2 amide bonds. The second-order valence-electron chi connectivity index (χ2n) is 6.26. The number of hydrogen-bond donors (Lipinski definition) is 2. The Morgan fingerprint density at radius 1 is 1.04 bits per heavy atom. The Hall–Kier alpha value is -2.82. The van der Waals surface area contributed by atoms with E-state index in [1.165, 1.54) is 5.56 Å². The molecule has 0 aliphatic heterocycles. The van der Waals surface area contributed by atoms with Crippen LogP contribution < -0.4 is 15.4 Å². The number of carbonyl (C=O) groups excluding carboxylic acids is 2. The van der Waals surface area contributed by atoms with E-state index in [1.54, 1.807) is 24.3 Å². The zero-order chi connectivity index (χ0) is 17.6. The lowest BCUT2D eigenvalue weighted by atomic mass is 10.2. The highest BCUT2D eigenvalue weighted by Gasteiger charge is 2.29. The smallest absolute Gasteiger partial charge is 0.251 e. The average Bonchev–Trinajstić information content (AvgIpc) is 3.46. The molecule has 0 aromatic heterocycles. The fourth-order valence-electron chi connectivity index (χ4n) is 2.36. The molecule has 1 saturated carbocycles. The lowest BCUT2D eigenvalue weighted by Crippen LogP contribution is -2.28. The maximum Gasteiger partial charge on any atom is 0.251 e. The monoisotopic (exact) mass is 338 g/mol. The minimum absolute atomic E-state index is 0.0606. The summed E-state index contributed by atoms with van der Waals surface area (Å²) in [7, 11) is 0. The maximum atomic E-state index is 12.1. The molecule has 1 aliphatic carbocycles. The molecule has 0 atom stereocenters. The minimum Gasteiger partial charge on any atom is -0.492 e. The Labute approximate surface area is 147 Å². The zero-order valence-electron chi connectivity index (χ0n) is 14.2. The van der Waals surface area contributed by atoms with Gasteiger partial charge in [0.1, 0.15) is 12.4 Å². The van der Waals surface area contributed by atoms with E-state index in [1.807, 2.05) is 31.2 Å². The number of rotatable bonds is 7. The number of nitrogens with one attached hydrogen (secondary N) is 2. The summed E-state index contributed by atoms with van der Waals surface area (Å²) in [6.45, 7) is 2.85. The Bertz CT molecular complexity index is 735. The topological polar surface area (TPSA) is 67.4 Å². The molecule has 0 radical (unpaired) electrons. The van der Waals surface area contributed by atoms with Crippen LogP contribution in [-0.2, 0) is 4.79 Å². The second kappa shape index (κ2) is 7.83. The van der Waals surface area contributed by atoms with Crippen molar-refractivity contribution in [1.82, 2.24) is 5.32 Å². The van der Waals surface area contributed by atoms with E-state index in [0.717, 1.165) is 24.3 Å². The first kappa shape index (κ1) is 17.0. The Balaban J connectivity index is 1.41. The molecule has 130 valence electrons. The van der Waals surface area contributed by atoms with Crippen molar-refractivity contribution in [2.45, 2.75) is 19.8 Å². The number of hydrogen-bond acceptors (Lipinski definition) is 3. The van der Waals surface area contributed by atoms with Crippen LogP contribution in [0, 0.1) is 12.8 Å². The van der Waals surface area contributed by atoms with Gasteiger partial charge in [0, 0.05) is 17.2 Å². The lowest BCUT2D eigenvalue weighted by Gasteiger charge is -2.09. The summed E-state index contributed by atoms with van der Waals surface area (Å²) in [5.41, 5.74) is 2.45. The number of aryl methyl sites for hydroxylation is 1. The molecule has 2 aromatic rings. The highest BCUT2D eigenvalue weighted by molar-refractivity contribution is 5.96. The fraction of sp³-hybridized carbons (Fsp3) is 0.300.